The smallest absolute Gasteiger partial charge is 0.327 e. The Kier molecular flexibility index (Phi) is 4.59. The Bertz CT molecular complexity index is 739. The van der Waals surface area contributed by atoms with Gasteiger partial charge in [-0.1, -0.05) is 23.9 Å². The van der Waals surface area contributed by atoms with Gasteiger partial charge in [-0.3, -0.25) is 19.4 Å². The van der Waals surface area contributed by atoms with Crippen molar-refractivity contribution in [2.45, 2.75) is 23.4 Å². The van der Waals surface area contributed by atoms with E-state index in [1.54, 1.807) is 19.2 Å². The lowest BCUT2D eigenvalue weighted by atomic mass is 10.1. The molecule has 3 N–H and O–H groups in total. The van der Waals surface area contributed by atoms with Gasteiger partial charge in [0.05, 0.1) is 5.25 Å². The van der Waals surface area contributed by atoms with E-state index in [1.165, 1.54) is 28.6 Å². The Morgan fingerprint density at radius 3 is 2.52 bits per heavy atom. The molecule has 0 radical (unpaired) electrons. The summed E-state index contributed by atoms with van der Waals surface area (Å²) in [5, 5.41) is 2.49. The summed E-state index contributed by atoms with van der Waals surface area (Å²) in [6.45, 7) is 1.81. The minimum absolute atomic E-state index is 0.227. The van der Waals surface area contributed by atoms with Crippen molar-refractivity contribution in [3.8, 4) is 0 Å². The zero-order valence-corrected chi connectivity index (χ0v) is 12.4. The van der Waals surface area contributed by atoms with Gasteiger partial charge in [-0.2, -0.15) is 4.98 Å². The molecule has 0 spiro atoms. The van der Waals surface area contributed by atoms with Gasteiger partial charge in [0.1, 0.15) is 5.82 Å². The molecule has 0 aliphatic rings. The maximum Gasteiger partial charge on any atom is 0.339 e. The fourth-order valence-corrected chi connectivity index (χ4v) is 2.89. The molecule has 0 fully saturated rings. The third kappa shape index (κ3) is 3.59. The summed E-state index contributed by atoms with van der Waals surface area (Å²) in [7, 11) is 1.58. The molecule has 0 amide bonds. The van der Waals surface area contributed by atoms with E-state index in [4.69, 9.17) is 5.73 Å². The molecule has 1 heterocycles. The van der Waals surface area contributed by atoms with E-state index in [-0.39, 0.29) is 17.1 Å². The molecule has 112 valence electrons. The molecule has 6 nitrogen and oxygen atoms in total. The van der Waals surface area contributed by atoms with E-state index in [1.807, 2.05) is 6.92 Å². The fourth-order valence-electron chi connectivity index (χ4n) is 1.81. The van der Waals surface area contributed by atoms with Crippen LogP contribution in [0.2, 0.25) is 0 Å². The van der Waals surface area contributed by atoms with Crippen LogP contribution in [-0.2, 0) is 7.05 Å². The number of aromatic amines is 1. The summed E-state index contributed by atoms with van der Waals surface area (Å²) in [6.07, 6.45) is 0. The third-order valence-electron chi connectivity index (χ3n) is 2.86. The average Bonchev–Trinajstić information content (AvgIpc) is 2.42. The maximum absolute atomic E-state index is 13.0. The molecule has 0 bridgehead atoms. The van der Waals surface area contributed by atoms with Crippen molar-refractivity contribution in [3.05, 3.63) is 56.4 Å². The molecular weight excluding hydrogens is 295 g/mol. The fraction of sp³-hybridized carbons (Fsp3) is 0.308. The number of H-pyrrole nitrogens is 1. The molecule has 0 saturated heterocycles. The van der Waals surface area contributed by atoms with Crippen LogP contribution in [0.4, 0.5) is 4.39 Å². The number of aromatic nitrogens is 3. The Labute approximate surface area is 124 Å². The summed E-state index contributed by atoms with van der Waals surface area (Å²) < 4.78 is 14.4. The Morgan fingerprint density at radius 1 is 1.33 bits per heavy atom. The van der Waals surface area contributed by atoms with Crippen LogP contribution in [0.3, 0.4) is 0 Å². The predicted molar refractivity (Wildman–Crippen MR) is 78.7 cm³/mol. The number of nitrogens with zero attached hydrogens (tertiary/aromatic N) is 2. The Hall–Kier alpha value is -1.93. The average molecular weight is 310 g/mol. The molecule has 0 aliphatic heterocycles. The first-order valence-corrected chi connectivity index (χ1v) is 7.11. The van der Waals surface area contributed by atoms with Gasteiger partial charge in [0.2, 0.25) is 0 Å². The summed E-state index contributed by atoms with van der Waals surface area (Å²) in [4.78, 5) is 26.3. The molecular formula is C13H15FN4O2S. The van der Waals surface area contributed by atoms with Crippen molar-refractivity contribution in [1.29, 1.82) is 0 Å². The molecule has 2 atom stereocenters. The Balaban J connectivity index is 2.37. The maximum atomic E-state index is 13.0. The first-order chi connectivity index (χ1) is 9.88. The van der Waals surface area contributed by atoms with Crippen LogP contribution < -0.4 is 16.9 Å². The van der Waals surface area contributed by atoms with Crippen molar-refractivity contribution in [1.82, 2.24) is 14.8 Å². The number of thioether (sulfide) groups is 1. The number of benzene rings is 1. The van der Waals surface area contributed by atoms with Crippen LogP contribution in [-0.4, -0.2) is 20.8 Å². The van der Waals surface area contributed by atoms with Crippen LogP contribution in [0.1, 0.15) is 17.7 Å². The van der Waals surface area contributed by atoms with Gasteiger partial charge >= 0.3 is 11.1 Å². The highest BCUT2D eigenvalue weighted by Crippen LogP contribution is 2.35. The van der Waals surface area contributed by atoms with Crippen molar-refractivity contribution in [2.75, 3.05) is 0 Å². The van der Waals surface area contributed by atoms with E-state index in [0.717, 1.165) is 5.56 Å². The predicted octanol–water partition coefficient (Wildman–Crippen LogP) is 0.788. The molecule has 1 aromatic heterocycles. The standard InChI is InChI=1S/C13H15FN4O2S/c1-7(15)10(8-3-5-9(14)6-4-8)21-13-16-11(19)12(20)17-18(13)2/h3-7,10H,15H2,1-2H3,(H,17,20). The number of rotatable bonds is 4. The van der Waals surface area contributed by atoms with Crippen LogP contribution in [0.5, 0.6) is 0 Å². The number of hydrogen-bond acceptors (Lipinski definition) is 5. The SMILES string of the molecule is CC(N)C(Sc1nc(=O)c(=O)[nH]n1C)c1ccc(F)cc1. The van der Waals surface area contributed by atoms with Crippen molar-refractivity contribution in [3.63, 3.8) is 0 Å². The van der Waals surface area contributed by atoms with Crippen molar-refractivity contribution < 1.29 is 4.39 Å². The summed E-state index contributed by atoms with van der Waals surface area (Å²) >= 11 is 1.24. The first-order valence-electron chi connectivity index (χ1n) is 6.23. The summed E-state index contributed by atoms with van der Waals surface area (Å²) in [5.41, 5.74) is 5.16. The second-order valence-electron chi connectivity index (χ2n) is 4.65. The highest BCUT2D eigenvalue weighted by molar-refractivity contribution is 7.99. The van der Waals surface area contributed by atoms with E-state index in [0.29, 0.717) is 5.16 Å². The zero-order valence-electron chi connectivity index (χ0n) is 11.5. The molecule has 2 unspecified atom stereocenters. The van der Waals surface area contributed by atoms with E-state index in [9.17, 15) is 14.0 Å². The summed E-state index contributed by atoms with van der Waals surface area (Å²) in [6, 6.07) is 5.72. The second kappa shape index (κ2) is 6.23. The van der Waals surface area contributed by atoms with Gasteiger partial charge in [0.25, 0.3) is 0 Å². The number of aryl methyl sites for hydroxylation is 1. The molecule has 21 heavy (non-hydrogen) atoms. The number of nitrogens with one attached hydrogen (secondary N) is 1. The largest absolute Gasteiger partial charge is 0.339 e. The van der Waals surface area contributed by atoms with E-state index < -0.39 is 11.1 Å². The van der Waals surface area contributed by atoms with Crippen LogP contribution >= 0.6 is 11.8 Å². The topological polar surface area (TPSA) is 93.8 Å². The van der Waals surface area contributed by atoms with Crippen LogP contribution in [0, 0.1) is 5.82 Å². The number of hydrogen-bond donors (Lipinski definition) is 2. The molecule has 1 aromatic carbocycles. The van der Waals surface area contributed by atoms with Gasteiger partial charge in [0.15, 0.2) is 5.16 Å². The monoisotopic (exact) mass is 310 g/mol. The van der Waals surface area contributed by atoms with Crippen LogP contribution in [0.25, 0.3) is 0 Å². The van der Waals surface area contributed by atoms with Gasteiger partial charge in [-0.05, 0) is 24.6 Å². The molecule has 2 aromatic rings. The highest BCUT2D eigenvalue weighted by Gasteiger charge is 2.20. The minimum atomic E-state index is -0.849. The highest BCUT2D eigenvalue weighted by atomic mass is 32.2. The lowest BCUT2D eigenvalue weighted by Crippen LogP contribution is -2.34. The van der Waals surface area contributed by atoms with Gasteiger partial charge in [0, 0.05) is 13.1 Å². The normalized spacial score (nSPS) is 13.9. The molecule has 0 saturated carbocycles. The minimum Gasteiger partial charge on any atom is -0.327 e. The van der Waals surface area contributed by atoms with Gasteiger partial charge in [-0.15, -0.1) is 0 Å². The lowest BCUT2D eigenvalue weighted by Gasteiger charge is -2.21. The van der Waals surface area contributed by atoms with E-state index in [2.05, 4.69) is 10.1 Å². The lowest BCUT2D eigenvalue weighted by molar-refractivity contribution is 0.591. The van der Waals surface area contributed by atoms with Crippen molar-refractivity contribution >= 4 is 11.8 Å². The zero-order chi connectivity index (χ0) is 15.6. The quantitative estimate of drug-likeness (QED) is 0.643. The number of nitrogens with two attached hydrogens (primary N) is 1. The van der Waals surface area contributed by atoms with Crippen LogP contribution in [0.15, 0.2) is 39.0 Å². The Morgan fingerprint density at radius 2 is 1.95 bits per heavy atom. The molecule has 8 heteroatoms. The summed E-state index contributed by atoms with van der Waals surface area (Å²) in [5.74, 6) is -0.332. The third-order valence-corrected chi connectivity index (χ3v) is 4.39. The van der Waals surface area contributed by atoms with Crippen molar-refractivity contribution in [2.24, 2.45) is 12.8 Å². The second-order valence-corrected chi connectivity index (χ2v) is 5.76. The first kappa shape index (κ1) is 15.5. The van der Waals surface area contributed by atoms with Gasteiger partial charge < -0.3 is 5.73 Å². The van der Waals surface area contributed by atoms with E-state index >= 15 is 0 Å². The molecule has 2 rings (SSSR count). The molecule has 0 aliphatic carbocycles. The van der Waals surface area contributed by atoms with Gasteiger partial charge in [-0.25, -0.2) is 4.39 Å². The number of halogens is 1.